The first kappa shape index (κ1) is 17.0. The summed E-state index contributed by atoms with van der Waals surface area (Å²) in [5.41, 5.74) is 5.41. The fraction of sp³-hybridized carbons (Fsp3) is 1.00. The molecule has 124 valence electrons. The molecule has 0 aromatic carbocycles. The summed E-state index contributed by atoms with van der Waals surface area (Å²) < 4.78 is 44.7. The van der Waals surface area contributed by atoms with Crippen molar-refractivity contribution in [2.24, 2.45) is 17.6 Å². The summed E-state index contributed by atoms with van der Waals surface area (Å²) in [4.78, 5) is 2.09. The zero-order valence-electron chi connectivity index (χ0n) is 12.8. The molecule has 21 heavy (non-hydrogen) atoms. The maximum Gasteiger partial charge on any atom is 0.391 e. The zero-order chi connectivity index (χ0) is 15.5. The number of ether oxygens (including phenoxy) is 1. The van der Waals surface area contributed by atoms with E-state index in [0.29, 0.717) is 25.5 Å². The van der Waals surface area contributed by atoms with Crippen molar-refractivity contribution in [2.75, 3.05) is 33.4 Å². The second-order valence-corrected chi connectivity index (χ2v) is 6.73. The topological polar surface area (TPSA) is 38.5 Å². The first-order valence-electron chi connectivity index (χ1n) is 7.93. The van der Waals surface area contributed by atoms with Crippen molar-refractivity contribution in [1.29, 1.82) is 0 Å². The van der Waals surface area contributed by atoms with Gasteiger partial charge in [-0.3, -0.25) is 4.90 Å². The Morgan fingerprint density at radius 3 is 2.62 bits per heavy atom. The summed E-state index contributed by atoms with van der Waals surface area (Å²) in [6, 6.07) is 0. The van der Waals surface area contributed by atoms with E-state index in [9.17, 15) is 13.2 Å². The Bertz CT molecular complexity index is 331. The molecule has 0 aromatic rings. The SMILES string of the molecule is CN(CC1CCCOC1)C1(CN)CCCC(C(F)(F)F)C1. The van der Waals surface area contributed by atoms with Crippen molar-refractivity contribution >= 4 is 0 Å². The van der Waals surface area contributed by atoms with Crippen molar-refractivity contribution < 1.29 is 17.9 Å². The van der Waals surface area contributed by atoms with Crippen LogP contribution in [0, 0.1) is 11.8 Å². The van der Waals surface area contributed by atoms with Crippen LogP contribution in [0.25, 0.3) is 0 Å². The molecule has 1 heterocycles. The number of hydrogen-bond donors (Lipinski definition) is 1. The molecule has 3 nitrogen and oxygen atoms in total. The highest BCUT2D eigenvalue weighted by atomic mass is 19.4. The lowest BCUT2D eigenvalue weighted by Crippen LogP contribution is -2.57. The third kappa shape index (κ3) is 4.11. The van der Waals surface area contributed by atoms with Gasteiger partial charge in [0.2, 0.25) is 0 Å². The van der Waals surface area contributed by atoms with Crippen LogP contribution in [0.15, 0.2) is 0 Å². The molecule has 6 heteroatoms. The number of alkyl halides is 3. The van der Waals surface area contributed by atoms with Crippen molar-refractivity contribution in [3.05, 3.63) is 0 Å². The number of likely N-dealkylation sites (N-methyl/N-ethyl adjacent to an activating group) is 1. The van der Waals surface area contributed by atoms with E-state index in [2.05, 4.69) is 4.90 Å². The van der Waals surface area contributed by atoms with Gasteiger partial charge in [-0.2, -0.15) is 13.2 Å². The van der Waals surface area contributed by atoms with Gasteiger partial charge in [0.05, 0.1) is 12.5 Å². The predicted octanol–water partition coefficient (Wildman–Crippen LogP) is 2.79. The number of halogens is 3. The molecule has 0 radical (unpaired) electrons. The maximum absolute atomic E-state index is 13.1. The van der Waals surface area contributed by atoms with Gasteiger partial charge in [-0.25, -0.2) is 0 Å². The Hall–Kier alpha value is -0.330. The average Bonchev–Trinajstić information content (AvgIpc) is 2.47. The Balaban J connectivity index is 2.01. The van der Waals surface area contributed by atoms with Gasteiger partial charge in [-0.15, -0.1) is 0 Å². The van der Waals surface area contributed by atoms with Gasteiger partial charge < -0.3 is 10.5 Å². The number of rotatable bonds is 4. The minimum Gasteiger partial charge on any atom is -0.381 e. The molecule has 0 bridgehead atoms. The summed E-state index contributed by atoms with van der Waals surface area (Å²) in [5, 5.41) is 0. The third-order valence-electron chi connectivity index (χ3n) is 5.26. The van der Waals surface area contributed by atoms with Gasteiger partial charge in [-0.1, -0.05) is 6.42 Å². The Labute approximate surface area is 125 Å². The van der Waals surface area contributed by atoms with Crippen LogP contribution in [-0.4, -0.2) is 50.0 Å². The van der Waals surface area contributed by atoms with Gasteiger partial charge in [0.15, 0.2) is 0 Å². The van der Waals surface area contributed by atoms with Crippen LogP contribution in [0.1, 0.15) is 38.5 Å². The molecule has 3 unspecified atom stereocenters. The Morgan fingerprint density at radius 1 is 1.29 bits per heavy atom. The Morgan fingerprint density at radius 2 is 2.05 bits per heavy atom. The fourth-order valence-electron chi connectivity index (χ4n) is 3.84. The van der Waals surface area contributed by atoms with E-state index in [1.165, 1.54) is 0 Å². The summed E-state index contributed by atoms with van der Waals surface area (Å²) in [6.45, 7) is 2.59. The molecular formula is C15H27F3N2O. The van der Waals surface area contributed by atoms with Crippen molar-refractivity contribution in [3.8, 4) is 0 Å². The quantitative estimate of drug-likeness (QED) is 0.868. The molecule has 0 spiro atoms. The van der Waals surface area contributed by atoms with Gasteiger partial charge in [0.25, 0.3) is 0 Å². The van der Waals surface area contributed by atoms with Crippen LogP contribution < -0.4 is 5.73 Å². The third-order valence-corrected chi connectivity index (χ3v) is 5.26. The summed E-state index contributed by atoms with van der Waals surface area (Å²) >= 11 is 0. The first-order chi connectivity index (χ1) is 9.87. The molecule has 1 aliphatic carbocycles. The van der Waals surface area contributed by atoms with Gasteiger partial charge in [0.1, 0.15) is 0 Å². The van der Waals surface area contributed by atoms with Crippen LogP contribution >= 0.6 is 0 Å². The molecule has 2 N–H and O–H groups in total. The summed E-state index contributed by atoms with van der Waals surface area (Å²) in [6.07, 6.45) is -0.224. The van der Waals surface area contributed by atoms with E-state index >= 15 is 0 Å². The van der Waals surface area contributed by atoms with E-state index < -0.39 is 17.6 Å². The Kier molecular flexibility index (Phi) is 5.54. The molecule has 2 fully saturated rings. The highest BCUT2D eigenvalue weighted by molar-refractivity contribution is 4.97. The largest absolute Gasteiger partial charge is 0.391 e. The average molecular weight is 308 g/mol. The smallest absolute Gasteiger partial charge is 0.381 e. The van der Waals surface area contributed by atoms with Gasteiger partial charge in [0, 0.05) is 25.2 Å². The number of hydrogen-bond acceptors (Lipinski definition) is 3. The van der Waals surface area contributed by atoms with Gasteiger partial charge in [-0.05, 0) is 45.1 Å². The molecule has 0 amide bonds. The molecule has 3 atom stereocenters. The monoisotopic (exact) mass is 308 g/mol. The first-order valence-corrected chi connectivity index (χ1v) is 7.93. The molecule has 1 saturated heterocycles. The highest BCUT2D eigenvalue weighted by Gasteiger charge is 2.48. The fourth-order valence-corrected chi connectivity index (χ4v) is 3.84. The lowest BCUT2D eigenvalue weighted by Gasteiger charge is -2.48. The molecule has 0 aromatic heterocycles. The van der Waals surface area contributed by atoms with Crippen LogP contribution in [0.3, 0.4) is 0 Å². The van der Waals surface area contributed by atoms with E-state index in [0.717, 1.165) is 32.4 Å². The normalized spacial score (nSPS) is 35.1. The van der Waals surface area contributed by atoms with Crippen LogP contribution in [0.2, 0.25) is 0 Å². The van der Waals surface area contributed by atoms with Gasteiger partial charge >= 0.3 is 6.18 Å². The molecule has 2 aliphatic rings. The predicted molar refractivity (Wildman–Crippen MR) is 76.0 cm³/mol. The molecule has 2 rings (SSSR count). The van der Waals surface area contributed by atoms with E-state index in [1.807, 2.05) is 7.05 Å². The zero-order valence-corrected chi connectivity index (χ0v) is 12.8. The lowest BCUT2D eigenvalue weighted by molar-refractivity contribution is -0.193. The van der Waals surface area contributed by atoms with E-state index in [-0.39, 0.29) is 12.8 Å². The lowest BCUT2D eigenvalue weighted by atomic mass is 9.74. The number of nitrogens with zero attached hydrogens (tertiary/aromatic N) is 1. The highest BCUT2D eigenvalue weighted by Crippen LogP contribution is 2.43. The van der Waals surface area contributed by atoms with E-state index in [1.54, 1.807) is 0 Å². The summed E-state index contributed by atoms with van der Waals surface area (Å²) in [7, 11) is 1.93. The molecule has 1 saturated carbocycles. The maximum atomic E-state index is 13.1. The van der Waals surface area contributed by atoms with Crippen LogP contribution in [0.5, 0.6) is 0 Å². The second kappa shape index (κ2) is 6.84. The molecule has 1 aliphatic heterocycles. The minimum absolute atomic E-state index is 0.136. The number of nitrogens with two attached hydrogens (primary N) is 1. The van der Waals surface area contributed by atoms with Crippen LogP contribution in [0.4, 0.5) is 13.2 Å². The standard InChI is InChI=1S/C15H27F3N2O/c1-20(9-12-4-3-7-21-10-12)14(11-19)6-2-5-13(8-14)15(16,17)18/h12-13H,2-11,19H2,1H3. The van der Waals surface area contributed by atoms with Crippen molar-refractivity contribution in [2.45, 2.75) is 50.2 Å². The van der Waals surface area contributed by atoms with Crippen molar-refractivity contribution in [3.63, 3.8) is 0 Å². The molecular weight excluding hydrogens is 281 g/mol. The second-order valence-electron chi connectivity index (χ2n) is 6.73. The minimum atomic E-state index is -4.10. The summed E-state index contributed by atoms with van der Waals surface area (Å²) in [5.74, 6) is -0.793. The van der Waals surface area contributed by atoms with E-state index in [4.69, 9.17) is 10.5 Å². The van der Waals surface area contributed by atoms with Crippen molar-refractivity contribution in [1.82, 2.24) is 4.90 Å². The van der Waals surface area contributed by atoms with Crippen LogP contribution in [-0.2, 0) is 4.74 Å².